The summed E-state index contributed by atoms with van der Waals surface area (Å²) in [6.45, 7) is 0.993. The largest absolute Gasteiger partial charge is 0.315 e. The Kier molecular flexibility index (Phi) is 4.07. The molecule has 0 atom stereocenters. The Bertz CT molecular complexity index is 649. The Morgan fingerprint density at radius 3 is 2.89 bits per heavy atom. The number of fused-ring (bicyclic) bond motifs is 1. The fraction of sp³-hybridized carbons (Fsp3) is 0.231. The van der Waals surface area contributed by atoms with Crippen LogP contribution in [0.15, 0.2) is 35.8 Å². The standard InChI is InChI=1S/C13H13N3OS.ClH/c14-13-15(7-8-18-13)9-12(17)16-6-5-10-3-1-2-4-11(10)16;/h1-4,7-8,14H,5-6,9H2;1H. The molecule has 2 aromatic rings. The molecule has 0 saturated carbocycles. The summed E-state index contributed by atoms with van der Waals surface area (Å²) in [5.74, 6) is 0.0526. The van der Waals surface area contributed by atoms with Crippen LogP contribution in [0, 0.1) is 5.41 Å². The Hall–Kier alpha value is -1.59. The van der Waals surface area contributed by atoms with E-state index in [2.05, 4.69) is 6.07 Å². The molecule has 4 nitrogen and oxygen atoms in total. The van der Waals surface area contributed by atoms with Crippen molar-refractivity contribution in [3.8, 4) is 0 Å². The Balaban J connectivity index is 0.00000133. The number of carbonyl (C=O) groups excluding carboxylic acids is 1. The van der Waals surface area contributed by atoms with Crippen molar-refractivity contribution >= 4 is 35.3 Å². The van der Waals surface area contributed by atoms with Gasteiger partial charge in [-0.15, -0.1) is 23.7 Å². The van der Waals surface area contributed by atoms with Gasteiger partial charge in [-0.25, -0.2) is 0 Å². The average molecular weight is 296 g/mol. The second-order valence-corrected chi connectivity index (χ2v) is 5.15. The van der Waals surface area contributed by atoms with Crippen molar-refractivity contribution in [1.82, 2.24) is 4.57 Å². The van der Waals surface area contributed by atoms with Gasteiger partial charge in [-0.1, -0.05) is 18.2 Å². The number of rotatable bonds is 2. The molecule has 1 aliphatic heterocycles. The topological polar surface area (TPSA) is 49.1 Å². The number of aromatic nitrogens is 1. The molecule has 2 heterocycles. The summed E-state index contributed by atoms with van der Waals surface area (Å²) in [7, 11) is 0. The van der Waals surface area contributed by atoms with Crippen LogP contribution >= 0.6 is 23.7 Å². The van der Waals surface area contributed by atoms with Gasteiger partial charge in [0.2, 0.25) is 5.91 Å². The number of para-hydroxylation sites is 1. The number of thiazole rings is 1. The van der Waals surface area contributed by atoms with E-state index in [1.165, 1.54) is 16.9 Å². The lowest BCUT2D eigenvalue weighted by molar-refractivity contribution is -0.119. The number of halogens is 1. The molecular weight excluding hydrogens is 282 g/mol. The third-order valence-corrected chi connectivity index (χ3v) is 3.89. The predicted molar refractivity (Wildman–Crippen MR) is 77.9 cm³/mol. The fourth-order valence-corrected chi connectivity index (χ4v) is 2.85. The summed E-state index contributed by atoms with van der Waals surface area (Å²) in [5.41, 5.74) is 2.25. The monoisotopic (exact) mass is 295 g/mol. The van der Waals surface area contributed by atoms with Crippen molar-refractivity contribution in [2.45, 2.75) is 13.0 Å². The number of nitrogens with one attached hydrogen (secondary N) is 1. The molecule has 1 aromatic carbocycles. The van der Waals surface area contributed by atoms with E-state index in [1.807, 2.05) is 28.5 Å². The van der Waals surface area contributed by atoms with E-state index in [9.17, 15) is 4.79 Å². The number of carbonyl (C=O) groups is 1. The van der Waals surface area contributed by atoms with E-state index in [-0.39, 0.29) is 24.9 Å². The lowest BCUT2D eigenvalue weighted by Crippen LogP contribution is -2.34. The Morgan fingerprint density at radius 1 is 1.37 bits per heavy atom. The lowest BCUT2D eigenvalue weighted by Gasteiger charge is -2.17. The van der Waals surface area contributed by atoms with E-state index < -0.39 is 0 Å². The van der Waals surface area contributed by atoms with Gasteiger partial charge in [0, 0.05) is 23.8 Å². The van der Waals surface area contributed by atoms with Gasteiger partial charge in [0.1, 0.15) is 6.54 Å². The minimum absolute atomic E-state index is 0. The van der Waals surface area contributed by atoms with Gasteiger partial charge < -0.3 is 9.47 Å². The van der Waals surface area contributed by atoms with E-state index in [0.29, 0.717) is 4.80 Å². The maximum absolute atomic E-state index is 12.3. The van der Waals surface area contributed by atoms with E-state index in [4.69, 9.17) is 5.41 Å². The van der Waals surface area contributed by atoms with Crippen LogP contribution in [0.5, 0.6) is 0 Å². The highest BCUT2D eigenvalue weighted by molar-refractivity contribution is 7.06. The van der Waals surface area contributed by atoms with Gasteiger partial charge in [-0.05, 0) is 18.1 Å². The molecule has 0 saturated heterocycles. The molecule has 0 aliphatic carbocycles. The van der Waals surface area contributed by atoms with Crippen LogP contribution in [0.2, 0.25) is 0 Å². The molecule has 1 amide bonds. The predicted octanol–water partition coefficient (Wildman–Crippen LogP) is 2.04. The molecule has 1 aromatic heterocycles. The first-order valence-corrected chi connectivity index (χ1v) is 6.70. The molecule has 1 aliphatic rings. The molecule has 6 heteroatoms. The lowest BCUT2D eigenvalue weighted by atomic mass is 10.2. The summed E-state index contributed by atoms with van der Waals surface area (Å²) in [5, 5.41) is 9.50. The number of hydrogen-bond donors (Lipinski definition) is 1. The second kappa shape index (κ2) is 5.59. The normalized spacial score (nSPS) is 12.9. The van der Waals surface area contributed by atoms with E-state index >= 15 is 0 Å². The first-order chi connectivity index (χ1) is 8.75. The summed E-state index contributed by atoms with van der Waals surface area (Å²) >= 11 is 1.33. The minimum atomic E-state index is 0. The molecular formula is C13H14ClN3OS. The van der Waals surface area contributed by atoms with Gasteiger partial charge in [-0.2, -0.15) is 0 Å². The van der Waals surface area contributed by atoms with Crippen LogP contribution in [-0.4, -0.2) is 17.0 Å². The van der Waals surface area contributed by atoms with Crippen molar-refractivity contribution < 1.29 is 4.79 Å². The zero-order valence-electron chi connectivity index (χ0n) is 10.2. The number of anilines is 1. The van der Waals surface area contributed by atoms with Gasteiger partial charge in [0.15, 0.2) is 4.80 Å². The molecule has 0 radical (unpaired) electrons. The highest BCUT2D eigenvalue weighted by atomic mass is 35.5. The number of hydrogen-bond acceptors (Lipinski definition) is 3. The number of benzene rings is 1. The van der Waals surface area contributed by atoms with Gasteiger partial charge in [0.25, 0.3) is 0 Å². The molecule has 0 unspecified atom stereocenters. The Morgan fingerprint density at radius 2 is 2.16 bits per heavy atom. The highest BCUT2D eigenvalue weighted by Crippen LogP contribution is 2.27. The van der Waals surface area contributed by atoms with Crippen molar-refractivity contribution in [3.63, 3.8) is 0 Å². The first-order valence-electron chi connectivity index (χ1n) is 5.82. The smallest absolute Gasteiger partial charge is 0.247 e. The fourth-order valence-electron chi connectivity index (χ4n) is 2.26. The third-order valence-electron chi connectivity index (χ3n) is 3.18. The summed E-state index contributed by atoms with van der Waals surface area (Å²) in [4.78, 5) is 14.5. The Labute approximate surface area is 121 Å². The second-order valence-electron chi connectivity index (χ2n) is 4.26. The quantitative estimate of drug-likeness (QED) is 0.905. The average Bonchev–Trinajstić information content (AvgIpc) is 2.96. The van der Waals surface area contributed by atoms with Crippen LogP contribution in [0.4, 0.5) is 5.69 Å². The summed E-state index contributed by atoms with van der Waals surface area (Å²) < 4.78 is 1.67. The van der Waals surface area contributed by atoms with Crippen molar-refractivity contribution in [1.29, 1.82) is 5.41 Å². The van der Waals surface area contributed by atoms with E-state index in [0.717, 1.165) is 18.7 Å². The molecule has 100 valence electrons. The van der Waals surface area contributed by atoms with Crippen LogP contribution in [0.25, 0.3) is 0 Å². The molecule has 0 bridgehead atoms. The van der Waals surface area contributed by atoms with Crippen LogP contribution < -0.4 is 9.70 Å². The van der Waals surface area contributed by atoms with Gasteiger partial charge >= 0.3 is 0 Å². The van der Waals surface area contributed by atoms with E-state index in [1.54, 1.807) is 10.8 Å². The molecule has 1 N–H and O–H groups in total. The number of amides is 1. The zero-order valence-corrected chi connectivity index (χ0v) is 11.8. The zero-order chi connectivity index (χ0) is 12.5. The molecule has 19 heavy (non-hydrogen) atoms. The van der Waals surface area contributed by atoms with Gasteiger partial charge in [-0.3, -0.25) is 10.2 Å². The molecule has 0 fully saturated rings. The van der Waals surface area contributed by atoms with Crippen LogP contribution in [0.3, 0.4) is 0 Å². The SMILES string of the molecule is Cl.N=c1sccn1CC(=O)N1CCc2ccccc21. The van der Waals surface area contributed by atoms with Crippen molar-refractivity contribution in [2.75, 3.05) is 11.4 Å². The first kappa shape index (κ1) is 13.8. The minimum Gasteiger partial charge on any atom is -0.315 e. The summed E-state index contributed by atoms with van der Waals surface area (Å²) in [6, 6.07) is 8.01. The van der Waals surface area contributed by atoms with Gasteiger partial charge in [0.05, 0.1) is 0 Å². The van der Waals surface area contributed by atoms with Crippen LogP contribution in [-0.2, 0) is 17.8 Å². The van der Waals surface area contributed by atoms with Crippen molar-refractivity contribution in [3.05, 3.63) is 46.2 Å². The van der Waals surface area contributed by atoms with Crippen LogP contribution in [0.1, 0.15) is 5.56 Å². The molecule has 0 spiro atoms. The number of nitrogens with zero attached hydrogens (tertiary/aromatic N) is 2. The highest BCUT2D eigenvalue weighted by Gasteiger charge is 2.24. The molecule has 3 rings (SSSR count). The maximum atomic E-state index is 12.3. The third kappa shape index (κ3) is 2.57. The van der Waals surface area contributed by atoms with Crippen molar-refractivity contribution in [2.24, 2.45) is 0 Å². The maximum Gasteiger partial charge on any atom is 0.247 e. The summed E-state index contributed by atoms with van der Waals surface area (Å²) in [6.07, 6.45) is 2.71.